The highest BCUT2D eigenvalue weighted by molar-refractivity contribution is 6.96. The van der Waals surface area contributed by atoms with Crippen molar-refractivity contribution >= 4 is 70.2 Å². The van der Waals surface area contributed by atoms with Crippen LogP contribution >= 0.6 is 0 Å². The lowest BCUT2D eigenvalue weighted by molar-refractivity contribution is 1.27. The predicted molar refractivity (Wildman–Crippen MR) is 181 cm³/mol. The highest BCUT2D eigenvalue weighted by Crippen LogP contribution is 2.46. The Hall–Kier alpha value is -4.54. The van der Waals surface area contributed by atoms with Gasteiger partial charge in [-0.15, -0.1) is 0 Å². The Morgan fingerprint density at radius 2 is 1.17 bits per heavy atom. The zero-order chi connectivity index (χ0) is 27.7. The second kappa shape index (κ2) is 8.99. The summed E-state index contributed by atoms with van der Waals surface area (Å²) < 4.78 is 0. The van der Waals surface area contributed by atoms with E-state index in [0.717, 1.165) is 0 Å². The number of hydrogen-bond donors (Lipinski definition) is 0. The predicted octanol–water partition coefficient (Wildman–Crippen LogP) is 8.09. The van der Waals surface area contributed by atoms with E-state index in [1.54, 1.807) is 0 Å². The summed E-state index contributed by atoms with van der Waals surface area (Å²) >= 11 is 0. The molecule has 0 aromatic heterocycles. The van der Waals surface area contributed by atoms with E-state index >= 15 is 0 Å². The fraction of sp³-hybridized carbons (Fsp3) is 0.0811. The molecule has 2 heterocycles. The van der Waals surface area contributed by atoms with Crippen molar-refractivity contribution < 1.29 is 0 Å². The van der Waals surface area contributed by atoms with Gasteiger partial charge in [-0.25, -0.2) is 0 Å². The molecule has 0 unspecified atom stereocenters. The van der Waals surface area contributed by atoms with E-state index in [4.69, 9.17) is 0 Å². The summed E-state index contributed by atoms with van der Waals surface area (Å²) in [6.07, 6.45) is 0. The lowest BCUT2D eigenvalue weighted by atomic mass is 9.43. The third-order valence-corrected chi connectivity index (χ3v) is 10.7. The molecular weight excluding hydrogens is 511 g/mol. The van der Waals surface area contributed by atoms with Crippen LogP contribution in [-0.4, -0.2) is 14.9 Å². The zero-order valence-electron chi connectivity index (χ0n) is 23.7. The second-order valence-electron chi connectivity index (χ2n) is 12.2. The first-order valence-corrected chi connectivity index (χ1v) is 18.0. The van der Waals surface area contributed by atoms with Gasteiger partial charge in [0.2, 0.25) is 0 Å². The summed E-state index contributed by atoms with van der Waals surface area (Å²) in [5, 5.41) is 4.23. The van der Waals surface area contributed by atoms with Crippen LogP contribution in [0, 0.1) is 0 Å². The van der Waals surface area contributed by atoms with Gasteiger partial charge in [0.1, 0.15) is 0 Å². The van der Waals surface area contributed by atoms with Gasteiger partial charge in [-0.05, 0) is 68.8 Å². The van der Waals surface area contributed by atoms with Gasteiger partial charge in [0, 0.05) is 34.0 Å². The molecule has 2 aliphatic rings. The van der Waals surface area contributed by atoms with Gasteiger partial charge in [0.05, 0.1) is 8.07 Å². The van der Waals surface area contributed by atoms with Crippen LogP contribution in [0.15, 0.2) is 133 Å². The summed E-state index contributed by atoms with van der Waals surface area (Å²) in [6.45, 7) is 7.52. The molecule has 0 atom stereocenters. The van der Waals surface area contributed by atoms with Gasteiger partial charge in [-0.2, -0.15) is 0 Å². The number of hydrogen-bond acceptors (Lipinski definition) is 2. The van der Waals surface area contributed by atoms with Crippen molar-refractivity contribution in [3.05, 3.63) is 133 Å². The molecular formula is C37H31BN2Si. The molecule has 0 aliphatic carbocycles. The quantitative estimate of drug-likeness (QED) is 0.209. The minimum atomic E-state index is -1.79. The molecule has 6 aromatic carbocycles. The standard InChI is InChI=1S/C37H31BN2Si/c1-41(2,3)37-28-17-8-7-14-26(28)24-25-35(37)40-32-21-11-9-18-29(32)30-19-13-23-34-36(30)38(40)31-20-10-12-22-33(31)39(34)27-15-5-4-6-16-27/h4-25H,1-3H3. The molecule has 2 aliphatic heterocycles. The Balaban J connectivity index is 1.50. The molecule has 0 fully saturated rings. The summed E-state index contributed by atoms with van der Waals surface area (Å²) in [4.78, 5) is 5.12. The van der Waals surface area contributed by atoms with Crippen LogP contribution in [0.25, 0.3) is 21.9 Å². The molecule has 196 valence electrons. The Kier molecular flexibility index (Phi) is 5.32. The first kappa shape index (κ1) is 24.3. The molecule has 41 heavy (non-hydrogen) atoms. The van der Waals surface area contributed by atoms with E-state index in [9.17, 15) is 0 Å². The summed E-state index contributed by atoms with van der Waals surface area (Å²) in [6, 6.07) is 49.3. The molecule has 0 saturated carbocycles. The van der Waals surface area contributed by atoms with Crippen LogP contribution in [0.5, 0.6) is 0 Å². The van der Waals surface area contributed by atoms with Gasteiger partial charge < -0.3 is 9.71 Å². The fourth-order valence-electron chi connectivity index (χ4n) is 7.17. The molecule has 6 aromatic rings. The summed E-state index contributed by atoms with van der Waals surface area (Å²) in [5.41, 5.74) is 11.6. The van der Waals surface area contributed by atoms with E-state index in [-0.39, 0.29) is 6.85 Å². The Labute approximate surface area is 243 Å². The van der Waals surface area contributed by atoms with Gasteiger partial charge >= 0.3 is 6.85 Å². The summed E-state index contributed by atoms with van der Waals surface area (Å²) in [7, 11) is -1.79. The van der Waals surface area contributed by atoms with E-state index in [1.807, 2.05) is 0 Å². The van der Waals surface area contributed by atoms with Crippen LogP contribution in [0.3, 0.4) is 0 Å². The molecule has 0 spiro atoms. The minimum absolute atomic E-state index is 0.0588. The normalized spacial score (nSPS) is 13.6. The monoisotopic (exact) mass is 542 g/mol. The number of nitrogens with zero attached hydrogens (tertiary/aromatic N) is 2. The zero-order valence-corrected chi connectivity index (χ0v) is 24.7. The second-order valence-corrected chi connectivity index (χ2v) is 17.2. The highest BCUT2D eigenvalue weighted by atomic mass is 28.3. The average molecular weight is 543 g/mol. The third kappa shape index (κ3) is 3.57. The van der Waals surface area contributed by atoms with Gasteiger partial charge in [-0.1, -0.05) is 117 Å². The van der Waals surface area contributed by atoms with Crippen LogP contribution in [0.1, 0.15) is 0 Å². The molecule has 2 nitrogen and oxygen atoms in total. The minimum Gasteiger partial charge on any atom is -0.376 e. The summed E-state index contributed by atoms with van der Waals surface area (Å²) in [5.74, 6) is 0. The molecule has 8 rings (SSSR count). The highest BCUT2D eigenvalue weighted by Gasteiger charge is 2.45. The smallest absolute Gasteiger partial charge is 0.333 e. The van der Waals surface area contributed by atoms with Crippen LogP contribution in [0.2, 0.25) is 19.6 Å². The number of anilines is 5. The van der Waals surface area contributed by atoms with Crippen molar-refractivity contribution in [2.24, 2.45) is 0 Å². The Morgan fingerprint density at radius 1 is 0.512 bits per heavy atom. The van der Waals surface area contributed by atoms with E-state index in [2.05, 4.69) is 163 Å². The third-order valence-electron chi connectivity index (χ3n) is 8.71. The molecule has 0 N–H and O–H groups in total. The molecule has 0 amide bonds. The van der Waals surface area contributed by atoms with E-state index in [0.29, 0.717) is 0 Å². The Morgan fingerprint density at radius 3 is 2.00 bits per heavy atom. The number of rotatable bonds is 3. The fourth-order valence-corrected chi connectivity index (χ4v) is 9.18. The largest absolute Gasteiger partial charge is 0.376 e. The average Bonchev–Trinajstić information content (AvgIpc) is 3.00. The van der Waals surface area contributed by atoms with Gasteiger partial charge in [0.25, 0.3) is 0 Å². The van der Waals surface area contributed by atoms with Crippen LogP contribution in [-0.2, 0) is 0 Å². The van der Waals surface area contributed by atoms with Gasteiger partial charge in [-0.3, -0.25) is 0 Å². The molecule has 0 saturated heterocycles. The number of benzene rings is 6. The van der Waals surface area contributed by atoms with Crippen molar-refractivity contribution in [1.82, 2.24) is 0 Å². The van der Waals surface area contributed by atoms with Crippen molar-refractivity contribution in [2.75, 3.05) is 9.71 Å². The maximum absolute atomic E-state index is 2.67. The van der Waals surface area contributed by atoms with Gasteiger partial charge in [0.15, 0.2) is 0 Å². The first-order chi connectivity index (χ1) is 20.0. The van der Waals surface area contributed by atoms with E-state index in [1.165, 1.54) is 66.4 Å². The molecule has 0 radical (unpaired) electrons. The molecule has 0 bridgehead atoms. The maximum atomic E-state index is 2.67. The lowest BCUT2D eigenvalue weighted by Gasteiger charge is -2.46. The van der Waals surface area contributed by atoms with Crippen molar-refractivity contribution in [3.8, 4) is 11.1 Å². The molecule has 4 heteroatoms. The first-order valence-electron chi connectivity index (χ1n) is 14.5. The number of para-hydroxylation sites is 3. The van der Waals surface area contributed by atoms with E-state index < -0.39 is 8.07 Å². The maximum Gasteiger partial charge on any atom is 0.333 e. The van der Waals surface area contributed by atoms with Crippen LogP contribution < -0.4 is 25.8 Å². The number of fused-ring (bicyclic) bond motifs is 5. The lowest BCUT2D eigenvalue weighted by Crippen LogP contribution is -2.62. The SMILES string of the molecule is C[Si](C)(C)c1c(N2B3c4ccccc4N(c4ccccc4)c4cccc(c43)-c3ccccc32)ccc2ccccc12. The van der Waals surface area contributed by atoms with Crippen LogP contribution in [0.4, 0.5) is 28.4 Å². The van der Waals surface area contributed by atoms with Crippen molar-refractivity contribution in [1.29, 1.82) is 0 Å². The van der Waals surface area contributed by atoms with Crippen molar-refractivity contribution in [2.45, 2.75) is 19.6 Å². The van der Waals surface area contributed by atoms with Crippen molar-refractivity contribution in [3.63, 3.8) is 0 Å². The Bertz CT molecular complexity index is 1960. The topological polar surface area (TPSA) is 6.48 Å².